The van der Waals surface area contributed by atoms with Gasteiger partial charge in [-0.05, 0) is 17.2 Å². The minimum atomic E-state index is -0.995. The number of ether oxygens (including phenoxy) is 3. The van der Waals surface area contributed by atoms with Crippen molar-refractivity contribution in [1.29, 1.82) is 0 Å². The van der Waals surface area contributed by atoms with Crippen molar-refractivity contribution in [2.75, 3.05) is 6.61 Å². The van der Waals surface area contributed by atoms with E-state index in [1.54, 1.807) is 26.0 Å². The summed E-state index contributed by atoms with van der Waals surface area (Å²) in [4.78, 5) is 12.1. The van der Waals surface area contributed by atoms with Crippen LogP contribution in [0.25, 0.3) is 5.57 Å². The van der Waals surface area contributed by atoms with Gasteiger partial charge in [0, 0.05) is 19.4 Å². The van der Waals surface area contributed by atoms with Gasteiger partial charge in [-0.2, -0.15) is 0 Å². The molecule has 0 bridgehead atoms. The Morgan fingerprint density at radius 3 is 2.42 bits per heavy atom. The molecular weight excluding hydrogens is 328 g/mol. The third-order valence-corrected chi connectivity index (χ3v) is 3.69. The van der Waals surface area contributed by atoms with Crippen LogP contribution in [0.5, 0.6) is 5.75 Å². The molecule has 0 spiro atoms. The van der Waals surface area contributed by atoms with Gasteiger partial charge in [0.15, 0.2) is 0 Å². The quantitative estimate of drug-likeness (QED) is 0.690. The fourth-order valence-corrected chi connectivity index (χ4v) is 2.58. The second-order valence-electron chi connectivity index (χ2n) is 6.16. The molecule has 1 heterocycles. The molecule has 2 aromatic carbocycles. The summed E-state index contributed by atoms with van der Waals surface area (Å²) in [6.45, 7) is 12.3. The number of cyclic esters (lactones) is 1. The molecule has 4 heteroatoms. The van der Waals surface area contributed by atoms with Crippen molar-refractivity contribution in [3.05, 3.63) is 71.8 Å². The zero-order chi connectivity index (χ0) is 19.2. The maximum absolute atomic E-state index is 12.1. The molecule has 1 aliphatic heterocycles. The molecule has 3 rings (SSSR count). The summed E-state index contributed by atoms with van der Waals surface area (Å²) in [5, 5.41) is 0. The average Bonchev–Trinajstić information content (AvgIpc) is 2.63. The Hall–Kier alpha value is -2.59. The van der Waals surface area contributed by atoms with Crippen LogP contribution in [0.2, 0.25) is 0 Å². The predicted molar refractivity (Wildman–Crippen MR) is 103 cm³/mol. The summed E-state index contributed by atoms with van der Waals surface area (Å²) in [6.07, 6.45) is 0. The molecule has 2 aromatic rings. The number of carbonyl (C=O) groups excluding carboxylic acids is 1. The van der Waals surface area contributed by atoms with Gasteiger partial charge in [0.2, 0.25) is 5.79 Å². The molecule has 0 aromatic heterocycles. The molecule has 0 fully saturated rings. The van der Waals surface area contributed by atoms with Gasteiger partial charge >= 0.3 is 5.97 Å². The van der Waals surface area contributed by atoms with Crippen LogP contribution in [0.3, 0.4) is 0 Å². The van der Waals surface area contributed by atoms with E-state index in [2.05, 4.69) is 6.58 Å². The van der Waals surface area contributed by atoms with E-state index >= 15 is 0 Å². The van der Waals surface area contributed by atoms with Crippen LogP contribution < -0.4 is 4.74 Å². The third kappa shape index (κ3) is 4.73. The number of hydrogen-bond donors (Lipinski definition) is 0. The van der Waals surface area contributed by atoms with E-state index in [4.69, 9.17) is 14.2 Å². The molecule has 138 valence electrons. The molecule has 26 heavy (non-hydrogen) atoms. The highest BCUT2D eigenvalue weighted by Crippen LogP contribution is 2.37. The predicted octanol–water partition coefficient (Wildman–Crippen LogP) is 5.23. The summed E-state index contributed by atoms with van der Waals surface area (Å²) in [7, 11) is 0. The zero-order valence-electron chi connectivity index (χ0n) is 15.9. The lowest BCUT2D eigenvalue weighted by Crippen LogP contribution is -2.39. The van der Waals surface area contributed by atoms with Crippen LogP contribution >= 0.6 is 0 Å². The van der Waals surface area contributed by atoms with E-state index in [1.807, 2.05) is 50.2 Å². The number of hydrogen-bond acceptors (Lipinski definition) is 4. The first-order valence-corrected chi connectivity index (χ1v) is 8.81. The Kier molecular flexibility index (Phi) is 6.58. The number of rotatable bonds is 5. The molecule has 1 aliphatic rings. The third-order valence-electron chi connectivity index (χ3n) is 3.69. The first-order valence-electron chi connectivity index (χ1n) is 8.81. The Balaban J connectivity index is 0.00000117. The SMILES string of the molecule is C=C(COCc1ccccc1)c1cccc2c1OC(C)(C)OC2=O.CC. The summed E-state index contributed by atoms with van der Waals surface area (Å²) in [5.41, 5.74) is 3.04. The maximum Gasteiger partial charge on any atom is 0.345 e. The van der Waals surface area contributed by atoms with Crippen molar-refractivity contribution in [3.8, 4) is 5.75 Å². The lowest BCUT2D eigenvalue weighted by molar-refractivity contribution is -0.127. The van der Waals surface area contributed by atoms with E-state index in [0.717, 1.165) is 16.7 Å². The van der Waals surface area contributed by atoms with Crippen LogP contribution in [-0.4, -0.2) is 18.4 Å². The van der Waals surface area contributed by atoms with E-state index < -0.39 is 5.79 Å². The summed E-state index contributed by atoms with van der Waals surface area (Å²) < 4.78 is 16.8. The van der Waals surface area contributed by atoms with Crippen molar-refractivity contribution in [3.63, 3.8) is 0 Å². The van der Waals surface area contributed by atoms with Crippen LogP contribution in [0.15, 0.2) is 55.1 Å². The standard InChI is InChI=1S/C20H20O4.C2H6/c1-14(12-22-13-15-8-5-4-6-9-15)16-10-7-11-17-18(16)23-20(2,3)24-19(17)21;1-2/h4-11H,1,12-13H2,2-3H3;1-2H3. The zero-order valence-corrected chi connectivity index (χ0v) is 15.9. The van der Waals surface area contributed by atoms with Gasteiger partial charge in [0.1, 0.15) is 11.3 Å². The van der Waals surface area contributed by atoms with Crippen LogP contribution in [-0.2, 0) is 16.1 Å². The Bertz CT molecular complexity index is 763. The summed E-state index contributed by atoms with van der Waals surface area (Å²) in [6, 6.07) is 15.3. The molecule has 0 unspecified atom stereocenters. The number of benzene rings is 2. The highest BCUT2D eigenvalue weighted by Gasteiger charge is 2.35. The van der Waals surface area contributed by atoms with Crippen molar-refractivity contribution < 1.29 is 19.0 Å². The Labute approximate surface area is 155 Å². The van der Waals surface area contributed by atoms with Crippen LogP contribution in [0.4, 0.5) is 0 Å². The van der Waals surface area contributed by atoms with Crippen LogP contribution in [0.1, 0.15) is 49.2 Å². The normalized spacial score (nSPS) is 14.2. The van der Waals surface area contributed by atoms with E-state index in [-0.39, 0.29) is 5.97 Å². The maximum atomic E-state index is 12.1. The van der Waals surface area contributed by atoms with E-state index in [9.17, 15) is 4.79 Å². The summed E-state index contributed by atoms with van der Waals surface area (Å²) in [5.74, 6) is -0.876. The minimum absolute atomic E-state index is 0.351. The van der Waals surface area contributed by atoms with E-state index in [0.29, 0.717) is 24.5 Å². The Morgan fingerprint density at radius 1 is 1.04 bits per heavy atom. The average molecular weight is 354 g/mol. The number of carbonyl (C=O) groups is 1. The molecule has 0 saturated carbocycles. The first kappa shape index (κ1) is 19.7. The van der Waals surface area contributed by atoms with Crippen molar-refractivity contribution in [2.24, 2.45) is 0 Å². The Morgan fingerprint density at radius 2 is 1.73 bits per heavy atom. The largest absolute Gasteiger partial charge is 0.451 e. The van der Waals surface area contributed by atoms with Crippen molar-refractivity contribution in [1.82, 2.24) is 0 Å². The molecule has 0 radical (unpaired) electrons. The van der Waals surface area contributed by atoms with Gasteiger partial charge in [0.25, 0.3) is 0 Å². The fourth-order valence-electron chi connectivity index (χ4n) is 2.58. The van der Waals surface area contributed by atoms with Gasteiger partial charge in [-0.3, -0.25) is 0 Å². The summed E-state index contributed by atoms with van der Waals surface area (Å²) >= 11 is 0. The second kappa shape index (κ2) is 8.68. The van der Waals surface area contributed by atoms with Crippen LogP contribution in [0, 0.1) is 0 Å². The number of esters is 1. The number of para-hydroxylation sites is 1. The molecular formula is C22H26O4. The molecule has 0 saturated heterocycles. The highest BCUT2D eigenvalue weighted by atomic mass is 16.7. The van der Waals surface area contributed by atoms with Gasteiger partial charge < -0.3 is 14.2 Å². The molecule has 4 nitrogen and oxygen atoms in total. The van der Waals surface area contributed by atoms with E-state index in [1.165, 1.54) is 0 Å². The minimum Gasteiger partial charge on any atom is -0.451 e. The molecule has 0 aliphatic carbocycles. The van der Waals surface area contributed by atoms with Gasteiger partial charge in [-0.15, -0.1) is 0 Å². The lowest BCUT2D eigenvalue weighted by atomic mass is 10.0. The van der Waals surface area contributed by atoms with Gasteiger partial charge in [0.05, 0.1) is 13.2 Å². The first-order chi connectivity index (χ1) is 12.5. The topological polar surface area (TPSA) is 44.8 Å². The van der Waals surface area contributed by atoms with Gasteiger partial charge in [-0.1, -0.05) is 62.9 Å². The number of fused-ring (bicyclic) bond motifs is 1. The molecule has 0 N–H and O–H groups in total. The second-order valence-corrected chi connectivity index (χ2v) is 6.16. The highest BCUT2D eigenvalue weighted by molar-refractivity contribution is 5.95. The van der Waals surface area contributed by atoms with Gasteiger partial charge in [-0.25, -0.2) is 4.79 Å². The van der Waals surface area contributed by atoms with Crippen molar-refractivity contribution in [2.45, 2.75) is 40.1 Å². The smallest absolute Gasteiger partial charge is 0.345 e. The lowest BCUT2D eigenvalue weighted by Gasteiger charge is -2.33. The fraction of sp³-hybridized carbons (Fsp3) is 0.318. The molecule has 0 atom stereocenters. The van der Waals surface area contributed by atoms with Crippen molar-refractivity contribution >= 4 is 11.5 Å². The molecule has 0 amide bonds. The monoisotopic (exact) mass is 354 g/mol.